The molecule has 0 saturated heterocycles. The van der Waals surface area contributed by atoms with Crippen molar-refractivity contribution >= 4 is 17.1 Å². The molecule has 0 saturated carbocycles. The van der Waals surface area contributed by atoms with Crippen molar-refractivity contribution in [3.8, 4) is 0 Å². The summed E-state index contributed by atoms with van der Waals surface area (Å²) in [6, 6.07) is 5.32. The summed E-state index contributed by atoms with van der Waals surface area (Å²) in [6.07, 6.45) is 0. The minimum Gasteiger partial charge on any atom is -0.380 e. The number of nitro benzene ring substituents is 1. The molecule has 0 fully saturated rings. The van der Waals surface area contributed by atoms with Gasteiger partial charge in [-0.15, -0.1) is 0 Å². The van der Waals surface area contributed by atoms with Crippen LogP contribution in [0.5, 0.6) is 0 Å². The highest BCUT2D eigenvalue weighted by atomic mass is 16.6. The SMILES string of the molecule is CCNc1cccc(NCC(C)(C)C(C)C)c1[N+](=O)[O-]. The lowest BCUT2D eigenvalue weighted by Crippen LogP contribution is -2.28. The number of benzene rings is 1. The fourth-order valence-electron chi connectivity index (χ4n) is 1.74. The van der Waals surface area contributed by atoms with Gasteiger partial charge < -0.3 is 10.6 Å². The molecule has 20 heavy (non-hydrogen) atoms. The summed E-state index contributed by atoms with van der Waals surface area (Å²) in [6.45, 7) is 11.9. The van der Waals surface area contributed by atoms with E-state index in [-0.39, 0.29) is 16.0 Å². The molecule has 112 valence electrons. The second-order valence-corrected chi connectivity index (χ2v) is 5.99. The van der Waals surface area contributed by atoms with E-state index < -0.39 is 0 Å². The van der Waals surface area contributed by atoms with Gasteiger partial charge in [0.25, 0.3) is 0 Å². The number of nitrogens with zero attached hydrogens (tertiary/aromatic N) is 1. The van der Waals surface area contributed by atoms with E-state index in [0.29, 0.717) is 30.4 Å². The van der Waals surface area contributed by atoms with E-state index in [4.69, 9.17) is 0 Å². The van der Waals surface area contributed by atoms with Crippen LogP contribution in [0.2, 0.25) is 0 Å². The van der Waals surface area contributed by atoms with Crippen LogP contribution in [-0.2, 0) is 0 Å². The van der Waals surface area contributed by atoms with E-state index in [0.717, 1.165) is 0 Å². The Morgan fingerprint density at radius 1 is 1.25 bits per heavy atom. The predicted molar refractivity (Wildman–Crippen MR) is 84.4 cm³/mol. The Labute approximate surface area is 120 Å². The Bertz CT molecular complexity index is 470. The molecule has 5 nitrogen and oxygen atoms in total. The van der Waals surface area contributed by atoms with Gasteiger partial charge in [-0.25, -0.2) is 0 Å². The maximum atomic E-state index is 11.3. The summed E-state index contributed by atoms with van der Waals surface area (Å²) in [7, 11) is 0. The van der Waals surface area contributed by atoms with Crippen LogP contribution in [0, 0.1) is 21.4 Å². The minimum atomic E-state index is -0.331. The van der Waals surface area contributed by atoms with Gasteiger partial charge in [0.2, 0.25) is 0 Å². The third-order valence-electron chi connectivity index (χ3n) is 3.88. The molecule has 0 aliphatic carbocycles. The van der Waals surface area contributed by atoms with Crippen molar-refractivity contribution in [2.24, 2.45) is 11.3 Å². The molecule has 2 N–H and O–H groups in total. The van der Waals surface area contributed by atoms with Crippen molar-refractivity contribution in [1.82, 2.24) is 0 Å². The fourth-order valence-corrected chi connectivity index (χ4v) is 1.74. The standard InChI is InChI=1S/C15H25N3O2/c1-6-16-12-8-7-9-13(14(12)18(19)20)17-10-15(4,5)11(2)3/h7-9,11,16-17H,6,10H2,1-5H3. The Kier molecular flexibility index (Phi) is 5.36. The Morgan fingerprint density at radius 2 is 1.80 bits per heavy atom. The number of para-hydroxylation sites is 1. The molecule has 0 spiro atoms. The molecule has 0 aliphatic rings. The molecule has 1 aromatic carbocycles. The van der Waals surface area contributed by atoms with E-state index >= 15 is 0 Å². The Balaban J connectivity index is 3.00. The molecule has 1 aromatic rings. The number of nitrogens with one attached hydrogen (secondary N) is 2. The number of anilines is 2. The van der Waals surface area contributed by atoms with Gasteiger partial charge in [-0.3, -0.25) is 10.1 Å². The van der Waals surface area contributed by atoms with Gasteiger partial charge in [0.05, 0.1) is 4.92 Å². The molecule has 0 atom stereocenters. The van der Waals surface area contributed by atoms with E-state index in [1.54, 1.807) is 12.1 Å². The van der Waals surface area contributed by atoms with Gasteiger partial charge >= 0.3 is 5.69 Å². The molecule has 5 heteroatoms. The van der Waals surface area contributed by atoms with Gasteiger partial charge in [0.1, 0.15) is 11.4 Å². The summed E-state index contributed by atoms with van der Waals surface area (Å²) in [4.78, 5) is 11.0. The van der Waals surface area contributed by atoms with Crippen LogP contribution < -0.4 is 10.6 Å². The highest BCUT2D eigenvalue weighted by Crippen LogP contribution is 2.34. The van der Waals surface area contributed by atoms with Gasteiger partial charge in [-0.05, 0) is 30.4 Å². The summed E-state index contributed by atoms with van der Waals surface area (Å²) >= 11 is 0. The average Bonchev–Trinajstić information content (AvgIpc) is 2.36. The molecule has 1 rings (SSSR count). The predicted octanol–water partition coefficient (Wildman–Crippen LogP) is 4.12. The molecule has 0 aliphatic heterocycles. The Hall–Kier alpha value is -1.78. The fraction of sp³-hybridized carbons (Fsp3) is 0.600. The molecule has 0 aromatic heterocycles. The van der Waals surface area contributed by atoms with E-state index in [2.05, 4.69) is 38.3 Å². The zero-order chi connectivity index (χ0) is 15.3. The molecule has 0 bridgehead atoms. The van der Waals surface area contributed by atoms with E-state index in [9.17, 15) is 10.1 Å². The monoisotopic (exact) mass is 279 g/mol. The lowest BCUT2D eigenvalue weighted by atomic mass is 9.81. The Morgan fingerprint density at radius 3 is 2.25 bits per heavy atom. The number of rotatable bonds is 7. The molecular formula is C15H25N3O2. The maximum Gasteiger partial charge on any atom is 0.315 e. The summed E-state index contributed by atoms with van der Waals surface area (Å²) in [5, 5.41) is 17.6. The first-order valence-corrected chi connectivity index (χ1v) is 7.04. The molecular weight excluding hydrogens is 254 g/mol. The molecule has 0 unspecified atom stereocenters. The zero-order valence-corrected chi connectivity index (χ0v) is 13.0. The number of hydrogen-bond donors (Lipinski definition) is 2. The second kappa shape index (κ2) is 6.59. The van der Waals surface area contributed by atoms with E-state index in [1.165, 1.54) is 0 Å². The zero-order valence-electron chi connectivity index (χ0n) is 13.0. The van der Waals surface area contributed by atoms with Crippen molar-refractivity contribution in [2.75, 3.05) is 23.7 Å². The van der Waals surface area contributed by atoms with Crippen LogP contribution in [-0.4, -0.2) is 18.0 Å². The van der Waals surface area contributed by atoms with Crippen LogP contribution in [0.4, 0.5) is 17.1 Å². The quantitative estimate of drug-likeness (QED) is 0.582. The summed E-state index contributed by atoms with van der Waals surface area (Å²) in [5.74, 6) is 0.492. The second-order valence-electron chi connectivity index (χ2n) is 5.99. The third kappa shape index (κ3) is 3.85. The van der Waals surface area contributed by atoms with Gasteiger partial charge in [0, 0.05) is 13.1 Å². The van der Waals surface area contributed by atoms with Gasteiger partial charge in [-0.1, -0.05) is 33.8 Å². The first-order chi connectivity index (χ1) is 9.29. The maximum absolute atomic E-state index is 11.3. The lowest BCUT2D eigenvalue weighted by molar-refractivity contribution is -0.383. The smallest absolute Gasteiger partial charge is 0.315 e. The van der Waals surface area contributed by atoms with Crippen LogP contribution >= 0.6 is 0 Å². The van der Waals surface area contributed by atoms with Crippen LogP contribution in [0.25, 0.3) is 0 Å². The van der Waals surface area contributed by atoms with Crippen LogP contribution in [0.1, 0.15) is 34.6 Å². The van der Waals surface area contributed by atoms with E-state index in [1.807, 2.05) is 13.0 Å². The van der Waals surface area contributed by atoms with Crippen molar-refractivity contribution in [3.63, 3.8) is 0 Å². The van der Waals surface area contributed by atoms with Crippen molar-refractivity contribution in [2.45, 2.75) is 34.6 Å². The first-order valence-electron chi connectivity index (χ1n) is 7.04. The van der Waals surface area contributed by atoms with Crippen molar-refractivity contribution in [3.05, 3.63) is 28.3 Å². The number of nitro groups is 1. The summed E-state index contributed by atoms with van der Waals surface area (Å²) < 4.78 is 0. The molecule has 0 heterocycles. The van der Waals surface area contributed by atoms with Gasteiger partial charge in [-0.2, -0.15) is 0 Å². The van der Waals surface area contributed by atoms with Crippen LogP contribution in [0.3, 0.4) is 0 Å². The van der Waals surface area contributed by atoms with Crippen molar-refractivity contribution in [1.29, 1.82) is 0 Å². The minimum absolute atomic E-state index is 0.0715. The topological polar surface area (TPSA) is 67.2 Å². The van der Waals surface area contributed by atoms with Crippen LogP contribution in [0.15, 0.2) is 18.2 Å². The lowest BCUT2D eigenvalue weighted by Gasteiger charge is -2.29. The molecule has 0 amide bonds. The molecule has 0 radical (unpaired) electrons. The normalized spacial score (nSPS) is 11.5. The first kappa shape index (κ1) is 16.3. The average molecular weight is 279 g/mol. The number of hydrogen-bond acceptors (Lipinski definition) is 4. The largest absolute Gasteiger partial charge is 0.380 e. The van der Waals surface area contributed by atoms with Crippen molar-refractivity contribution < 1.29 is 4.92 Å². The van der Waals surface area contributed by atoms with Gasteiger partial charge in [0.15, 0.2) is 0 Å². The highest BCUT2D eigenvalue weighted by Gasteiger charge is 2.25. The third-order valence-corrected chi connectivity index (χ3v) is 3.88. The summed E-state index contributed by atoms with van der Waals surface area (Å²) in [5.41, 5.74) is 1.32. The highest BCUT2D eigenvalue weighted by molar-refractivity contribution is 5.76.